The molecule has 3 nitrogen and oxygen atoms in total. The molecule has 0 aliphatic rings. The molecule has 0 aromatic heterocycles. The minimum atomic E-state index is -0.313. The summed E-state index contributed by atoms with van der Waals surface area (Å²) in [5, 5.41) is 12.2. The first kappa shape index (κ1) is 13.5. The Morgan fingerprint density at radius 3 is 2.88 bits per heavy atom. The van der Waals surface area contributed by atoms with Crippen molar-refractivity contribution in [3.05, 3.63) is 28.2 Å². The third-order valence-electron chi connectivity index (χ3n) is 2.19. The summed E-state index contributed by atoms with van der Waals surface area (Å²) < 4.78 is 6.62. The van der Waals surface area contributed by atoms with E-state index in [1.807, 2.05) is 25.2 Å². The van der Waals surface area contributed by atoms with Crippen LogP contribution in [0.1, 0.15) is 18.9 Å². The molecular weight excluding hydrogens is 270 g/mol. The van der Waals surface area contributed by atoms with Crippen molar-refractivity contribution in [1.29, 1.82) is 0 Å². The number of hydrogen-bond donors (Lipinski definition) is 2. The molecule has 1 rings (SSSR count). The molecule has 1 aromatic carbocycles. The second-order valence-corrected chi connectivity index (χ2v) is 4.62. The van der Waals surface area contributed by atoms with Gasteiger partial charge in [-0.3, -0.25) is 0 Å². The topological polar surface area (TPSA) is 41.5 Å². The first-order valence-corrected chi connectivity index (χ1v) is 6.16. The van der Waals surface area contributed by atoms with E-state index >= 15 is 0 Å². The zero-order valence-corrected chi connectivity index (χ0v) is 11.3. The van der Waals surface area contributed by atoms with Gasteiger partial charge in [-0.25, -0.2) is 0 Å². The highest BCUT2D eigenvalue weighted by molar-refractivity contribution is 9.10. The van der Waals surface area contributed by atoms with Crippen LogP contribution >= 0.6 is 15.9 Å². The zero-order valence-electron chi connectivity index (χ0n) is 9.66. The molecule has 0 saturated carbocycles. The van der Waals surface area contributed by atoms with Gasteiger partial charge >= 0.3 is 0 Å². The van der Waals surface area contributed by atoms with Gasteiger partial charge in [0, 0.05) is 17.4 Å². The van der Waals surface area contributed by atoms with Crippen LogP contribution in [0.15, 0.2) is 22.7 Å². The van der Waals surface area contributed by atoms with Crippen LogP contribution in [-0.4, -0.2) is 24.9 Å². The number of rotatable bonds is 6. The van der Waals surface area contributed by atoms with Crippen LogP contribution in [0.5, 0.6) is 5.75 Å². The van der Waals surface area contributed by atoms with E-state index in [0.717, 1.165) is 22.3 Å². The monoisotopic (exact) mass is 287 g/mol. The number of ether oxygens (including phenoxy) is 1. The number of aliphatic hydroxyl groups excluding tert-OH is 1. The van der Waals surface area contributed by atoms with Gasteiger partial charge in [-0.1, -0.05) is 15.9 Å². The summed E-state index contributed by atoms with van der Waals surface area (Å²) in [6, 6.07) is 5.90. The molecular formula is C12H18BrNO2. The lowest BCUT2D eigenvalue weighted by Gasteiger charge is -2.10. The van der Waals surface area contributed by atoms with Gasteiger partial charge in [0.15, 0.2) is 0 Å². The predicted molar refractivity (Wildman–Crippen MR) is 68.7 cm³/mol. The zero-order chi connectivity index (χ0) is 12.0. The van der Waals surface area contributed by atoms with E-state index < -0.39 is 0 Å². The Morgan fingerprint density at radius 2 is 2.25 bits per heavy atom. The van der Waals surface area contributed by atoms with Gasteiger partial charge in [0.05, 0.1) is 12.7 Å². The van der Waals surface area contributed by atoms with Gasteiger partial charge < -0.3 is 15.2 Å². The standard InChI is InChI=1S/C12H18BrNO2/c1-9(15)5-6-16-11-3-4-12(13)10(7-11)8-14-2/h3-4,7,9,14-15H,5-6,8H2,1-2H3. The molecule has 16 heavy (non-hydrogen) atoms. The summed E-state index contributed by atoms with van der Waals surface area (Å²) in [6.45, 7) is 3.10. The minimum absolute atomic E-state index is 0.313. The van der Waals surface area contributed by atoms with E-state index in [1.54, 1.807) is 6.92 Å². The fraction of sp³-hybridized carbons (Fsp3) is 0.500. The lowest BCUT2D eigenvalue weighted by atomic mass is 10.2. The normalized spacial score (nSPS) is 12.5. The van der Waals surface area contributed by atoms with Crippen molar-refractivity contribution in [3.8, 4) is 5.75 Å². The summed E-state index contributed by atoms with van der Waals surface area (Å²) in [4.78, 5) is 0. The van der Waals surface area contributed by atoms with E-state index in [-0.39, 0.29) is 6.10 Å². The largest absolute Gasteiger partial charge is 0.493 e. The molecule has 1 atom stereocenters. The molecule has 1 unspecified atom stereocenters. The van der Waals surface area contributed by atoms with Gasteiger partial charge in [-0.05, 0) is 37.7 Å². The molecule has 0 heterocycles. The van der Waals surface area contributed by atoms with Crippen LogP contribution in [0.3, 0.4) is 0 Å². The van der Waals surface area contributed by atoms with Crippen molar-refractivity contribution in [2.75, 3.05) is 13.7 Å². The van der Waals surface area contributed by atoms with Crippen LogP contribution in [0, 0.1) is 0 Å². The molecule has 0 aliphatic carbocycles. The Hall–Kier alpha value is -0.580. The molecule has 90 valence electrons. The number of aliphatic hydroxyl groups is 1. The van der Waals surface area contributed by atoms with Crippen molar-refractivity contribution in [3.63, 3.8) is 0 Å². The highest BCUT2D eigenvalue weighted by Gasteiger charge is 2.02. The van der Waals surface area contributed by atoms with Crippen LogP contribution in [0.2, 0.25) is 0 Å². The van der Waals surface area contributed by atoms with Crippen molar-refractivity contribution in [2.24, 2.45) is 0 Å². The van der Waals surface area contributed by atoms with E-state index in [4.69, 9.17) is 9.84 Å². The maximum atomic E-state index is 9.12. The third-order valence-corrected chi connectivity index (χ3v) is 2.96. The molecule has 0 spiro atoms. The van der Waals surface area contributed by atoms with Crippen molar-refractivity contribution in [2.45, 2.75) is 26.0 Å². The number of nitrogens with one attached hydrogen (secondary N) is 1. The molecule has 4 heteroatoms. The second-order valence-electron chi connectivity index (χ2n) is 3.77. The van der Waals surface area contributed by atoms with Crippen molar-refractivity contribution >= 4 is 15.9 Å². The van der Waals surface area contributed by atoms with Crippen molar-refractivity contribution < 1.29 is 9.84 Å². The minimum Gasteiger partial charge on any atom is -0.493 e. The smallest absolute Gasteiger partial charge is 0.119 e. The number of hydrogen-bond acceptors (Lipinski definition) is 3. The summed E-state index contributed by atoms with van der Waals surface area (Å²) >= 11 is 3.49. The lowest BCUT2D eigenvalue weighted by Crippen LogP contribution is -2.08. The van der Waals surface area contributed by atoms with Gasteiger partial charge in [-0.2, -0.15) is 0 Å². The third kappa shape index (κ3) is 4.51. The van der Waals surface area contributed by atoms with Crippen molar-refractivity contribution in [1.82, 2.24) is 5.32 Å². The van der Waals surface area contributed by atoms with E-state index in [9.17, 15) is 0 Å². The van der Waals surface area contributed by atoms with Gasteiger partial charge in [0.25, 0.3) is 0 Å². The van der Waals surface area contributed by atoms with E-state index in [2.05, 4.69) is 21.2 Å². The Balaban J connectivity index is 2.56. The average Bonchev–Trinajstić information content (AvgIpc) is 2.22. The summed E-state index contributed by atoms with van der Waals surface area (Å²) in [6.07, 6.45) is 0.337. The fourth-order valence-electron chi connectivity index (χ4n) is 1.31. The van der Waals surface area contributed by atoms with Crippen LogP contribution < -0.4 is 10.1 Å². The Morgan fingerprint density at radius 1 is 1.50 bits per heavy atom. The molecule has 0 aliphatic heterocycles. The highest BCUT2D eigenvalue weighted by Crippen LogP contribution is 2.22. The summed E-state index contributed by atoms with van der Waals surface area (Å²) in [5.41, 5.74) is 1.16. The van der Waals surface area contributed by atoms with E-state index in [0.29, 0.717) is 13.0 Å². The van der Waals surface area contributed by atoms with Crippen LogP contribution in [0.4, 0.5) is 0 Å². The summed E-state index contributed by atoms with van der Waals surface area (Å²) in [7, 11) is 1.91. The Bertz CT molecular complexity index is 329. The maximum Gasteiger partial charge on any atom is 0.119 e. The second kappa shape index (κ2) is 6.89. The number of halogens is 1. The van der Waals surface area contributed by atoms with Gasteiger partial charge in [0.1, 0.15) is 5.75 Å². The maximum absolute atomic E-state index is 9.12. The van der Waals surface area contributed by atoms with Crippen LogP contribution in [-0.2, 0) is 6.54 Å². The fourth-order valence-corrected chi connectivity index (χ4v) is 1.70. The predicted octanol–water partition coefficient (Wildman–Crippen LogP) is 2.32. The molecule has 1 aromatic rings. The van der Waals surface area contributed by atoms with E-state index in [1.165, 1.54) is 0 Å². The number of benzene rings is 1. The first-order chi connectivity index (χ1) is 7.63. The SMILES string of the molecule is CNCc1cc(OCCC(C)O)ccc1Br. The molecule has 0 radical (unpaired) electrons. The molecule has 0 fully saturated rings. The Labute approximate surface area is 105 Å². The average molecular weight is 288 g/mol. The summed E-state index contributed by atoms with van der Waals surface area (Å²) in [5.74, 6) is 0.842. The molecule has 0 saturated heterocycles. The van der Waals surface area contributed by atoms with Crippen LogP contribution in [0.25, 0.3) is 0 Å². The molecule has 0 amide bonds. The first-order valence-electron chi connectivity index (χ1n) is 5.37. The highest BCUT2D eigenvalue weighted by atomic mass is 79.9. The van der Waals surface area contributed by atoms with Gasteiger partial charge in [-0.15, -0.1) is 0 Å². The molecule has 2 N–H and O–H groups in total. The lowest BCUT2D eigenvalue weighted by molar-refractivity contribution is 0.155. The Kier molecular flexibility index (Phi) is 5.80. The molecule has 0 bridgehead atoms. The van der Waals surface area contributed by atoms with Gasteiger partial charge in [0.2, 0.25) is 0 Å². The quantitative estimate of drug-likeness (QED) is 0.844.